The first-order chi connectivity index (χ1) is 9.74. The number of carbonyl (C=O) groups is 1. The average Bonchev–Trinajstić information content (AvgIpc) is 2.52. The van der Waals surface area contributed by atoms with Crippen molar-refractivity contribution in [2.75, 3.05) is 5.43 Å². The van der Waals surface area contributed by atoms with Crippen LogP contribution in [0.3, 0.4) is 0 Å². The van der Waals surface area contributed by atoms with E-state index >= 15 is 0 Å². The Kier molecular flexibility index (Phi) is 4.62. The van der Waals surface area contributed by atoms with E-state index in [4.69, 9.17) is 5.84 Å². The number of nitrogens with zero attached hydrogens (tertiary/aromatic N) is 2. The van der Waals surface area contributed by atoms with Crippen LogP contribution in [0.25, 0.3) is 0 Å². The molecule has 0 fully saturated rings. The standard InChI is InChI=1S/C14H17N5O/c1-2-10-4-3-6-16-13(10)9-18-14(20)12-8-11(19-15)5-7-17-12/h3-8H,2,9,15H2,1H3,(H,17,19)(H,18,20). The van der Waals surface area contributed by atoms with E-state index in [-0.39, 0.29) is 5.91 Å². The van der Waals surface area contributed by atoms with Gasteiger partial charge in [0.25, 0.3) is 5.91 Å². The highest BCUT2D eigenvalue weighted by Crippen LogP contribution is 2.08. The van der Waals surface area contributed by atoms with Crippen LogP contribution in [0, 0.1) is 0 Å². The average molecular weight is 271 g/mol. The molecule has 0 bridgehead atoms. The van der Waals surface area contributed by atoms with Gasteiger partial charge in [0.2, 0.25) is 0 Å². The Morgan fingerprint density at radius 2 is 2.15 bits per heavy atom. The second-order valence-corrected chi connectivity index (χ2v) is 4.22. The molecule has 0 saturated heterocycles. The van der Waals surface area contributed by atoms with Crippen molar-refractivity contribution in [3.05, 3.63) is 53.6 Å². The Bertz CT molecular complexity index is 600. The first-order valence-corrected chi connectivity index (χ1v) is 6.38. The number of hydrogen-bond acceptors (Lipinski definition) is 5. The maximum atomic E-state index is 12.0. The predicted octanol–water partition coefficient (Wildman–Crippen LogP) is 1.25. The van der Waals surface area contributed by atoms with E-state index in [1.165, 1.54) is 6.20 Å². The Balaban J connectivity index is 2.04. The van der Waals surface area contributed by atoms with Crippen LogP contribution < -0.4 is 16.6 Å². The maximum absolute atomic E-state index is 12.0. The quantitative estimate of drug-likeness (QED) is 0.562. The molecule has 1 amide bonds. The summed E-state index contributed by atoms with van der Waals surface area (Å²) in [5, 5.41) is 2.81. The Labute approximate surface area is 117 Å². The fraction of sp³-hybridized carbons (Fsp3) is 0.214. The molecule has 2 heterocycles. The molecular weight excluding hydrogens is 254 g/mol. The minimum absolute atomic E-state index is 0.255. The summed E-state index contributed by atoms with van der Waals surface area (Å²) < 4.78 is 0. The summed E-state index contributed by atoms with van der Waals surface area (Å²) in [4.78, 5) is 20.3. The van der Waals surface area contributed by atoms with Crippen LogP contribution in [0.2, 0.25) is 0 Å². The summed E-state index contributed by atoms with van der Waals surface area (Å²) >= 11 is 0. The number of aryl methyl sites for hydroxylation is 1. The number of nitrogen functional groups attached to an aromatic ring is 1. The van der Waals surface area contributed by atoms with Gasteiger partial charge in [-0.2, -0.15) is 0 Å². The van der Waals surface area contributed by atoms with Gasteiger partial charge in [-0.05, 0) is 30.2 Å². The minimum atomic E-state index is -0.255. The number of aromatic nitrogens is 2. The highest BCUT2D eigenvalue weighted by atomic mass is 16.1. The molecule has 0 saturated carbocycles. The number of hydrogen-bond donors (Lipinski definition) is 3. The van der Waals surface area contributed by atoms with Gasteiger partial charge in [0.05, 0.1) is 17.9 Å². The lowest BCUT2D eigenvalue weighted by Gasteiger charge is -2.08. The largest absolute Gasteiger partial charge is 0.345 e. The third-order valence-electron chi connectivity index (χ3n) is 2.94. The number of amides is 1. The second kappa shape index (κ2) is 6.63. The smallest absolute Gasteiger partial charge is 0.270 e. The fourth-order valence-corrected chi connectivity index (χ4v) is 1.85. The zero-order chi connectivity index (χ0) is 14.4. The number of pyridine rings is 2. The van der Waals surface area contributed by atoms with Gasteiger partial charge in [0, 0.05) is 12.4 Å². The van der Waals surface area contributed by atoms with E-state index in [0.29, 0.717) is 17.9 Å². The van der Waals surface area contributed by atoms with Gasteiger partial charge in [-0.1, -0.05) is 13.0 Å². The number of carbonyl (C=O) groups excluding carboxylic acids is 1. The van der Waals surface area contributed by atoms with Crippen molar-refractivity contribution in [1.82, 2.24) is 15.3 Å². The van der Waals surface area contributed by atoms with Crippen molar-refractivity contribution in [3.63, 3.8) is 0 Å². The van der Waals surface area contributed by atoms with Gasteiger partial charge in [-0.25, -0.2) is 0 Å². The first kappa shape index (κ1) is 14.0. The fourth-order valence-electron chi connectivity index (χ4n) is 1.85. The second-order valence-electron chi connectivity index (χ2n) is 4.22. The van der Waals surface area contributed by atoms with Gasteiger partial charge in [0.15, 0.2) is 0 Å². The van der Waals surface area contributed by atoms with Crippen LogP contribution in [-0.4, -0.2) is 15.9 Å². The summed E-state index contributed by atoms with van der Waals surface area (Å²) in [5.74, 6) is 5.05. The van der Waals surface area contributed by atoms with Gasteiger partial charge in [0.1, 0.15) is 5.69 Å². The summed E-state index contributed by atoms with van der Waals surface area (Å²) in [6, 6.07) is 7.17. The first-order valence-electron chi connectivity index (χ1n) is 6.38. The van der Waals surface area contributed by atoms with Gasteiger partial charge in [-0.3, -0.25) is 20.6 Å². The van der Waals surface area contributed by atoms with Gasteiger partial charge >= 0.3 is 0 Å². The molecule has 0 aliphatic rings. The van der Waals surface area contributed by atoms with Gasteiger partial charge < -0.3 is 10.7 Å². The summed E-state index contributed by atoms with van der Waals surface area (Å²) in [6.07, 6.45) is 4.13. The number of anilines is 1. The molecule has 6 heteroatoms. The summed E-state index contributed by atoms with van der Waals surface area (Å²) in [7, 11) is 0. The van der Waals surface area contributed by atoms with Crippen LogP contribution >= 0.6 is 0 Å². The normalized spacial score (nSPS) is 10.1. The lowest BCUT2D eigenvalue weighted by atomic mass is 10.1. The SMILES string of the molecule is CCc1cccnc1CNC(=O)c1cc(NN)ccn1. The van der Waals surface area contributed by atoms with Crippen molar-refractivity contribution in [1.29, 1.82) is 0 Å². The highest BCUT2D eigenvalue weighted by Gasteiger charge is 2.09. The molecular formula is C14H17N5O. The summed E-state index contributed by atoms with van der Waals surface area (Å²) in [6.45, 7) is 2.44. The van der Waals surface area contributed by atoms with Crippen LogP contribution in [0.15, 0.2) is 36.7 Å². The van der Waals surface area contributed by atoms with Crippen molar-refractivity contribution in [3.8, 4) is 0 Å². The molecule has 0 aromatic carbocycles. The molecule has 6 nitrogen and oxygen atoms in total. The third kappa shape index (κ3) is 3.30. The Morgan fingerprint density at radius 3 is 2.90 bits per heavy atom. The summed E-state index contributed by atoms with van der Waals surface area (Å²) in [5.41, 5.74) is 5.43. The highest BCUT2D eigenvalue weighted by molar-refractivity contribution is 5.93. The van der Waals surface area contributed by atoms with Crippen LogP contribution in [0.1, 0.15) is 28.7 Å². The van der Waals surface area contributed by atoms with Crippen LogP contribution in [0.4, 0.5) is 5.69 Å². The van der Waals surface area contributed by atoms with Crippen molar-refractivity contribution < 1.29 is 4.79 Å². The van der Waals surface area contributed by atoms with Crippen molar-refractivity contribution in [2.45, 2.75) is 19.9 Å². The van der Waals surface area contributed by atoms with Crippen LogP contribution in [-0.2, 0) is 13.0 Å². The number of nitrogens with two attached hydrogens (primary N) is 1. The van der Waals surface area contributed by atoms with E-state index in [1.807, 2.05) is 12.1 Å². The number of hydrazine groups is 1. The topological polar surface area (TPSA) is 92.9 Å². The molecule has 20 heavy (non-hydrogen) atoms. The molecule has 2 aromatic heterocycles. The van der Waals surface area contributed by atoms with Gasteiger partial charge in [-0.15, -0.1) is 0 Å². The van der Waals surface area contributed by atoms with E-state index in [0.717, 1.165) is 17.7 Å². The predicted molar refractivity (Wildman–Crippen MR) is 76.8 cm³/mol. The molecule has 0 aliphatic heterocycles. The van der Waals surface area contributed by atoms with Crippen molar-refractivity contribution in [2.24, 2.45) is 5.84 Å². The van der Waals surface area contributed by atoms with Crippen molar-refractivity contribution >= 4 is 11.6 Å². The molecule has 2 rings (SSSR count). The van der Waals surface area contributed by atoms with E-state index in [9.17, 15) is 4.79 Å². The molecule has 0 unspecified atom stereocenters. The zero-order valence-electron chi connectivity index (χ0n) is 11.3. The molecule has 4 N–H and O–H groups in total. The number of nitrogens with one attached hydrogen (secondary N) is 2. The minimum Gasteiger partial charge on any atom is -0.345 e. The third-order valence-corrected chi connectivity index (χ3v) is 2.94. The maximum Gasteiger partial charge on any atom is 0.270 e. The molecule has 0 atom stereocenters. The van der Waals surface area contributed by atoms with E-state index in [1.54, 1.807) is 18.3 Å². The van der Waals surface area contributed by atoms with E-state index < -0.39 is 0 Å². The molecule has 2 aromatic rings. The zero-order valence-corrected chi connectivity index (χ0v) is 11.3. The lowest BCUT2D eigenvalue weighted by molar-refractivity contribution is 0.0945. The molecule has 0 radical (unpaired) electrons. The Morgan fingerprint density at radius 1 is 1.30 bits per heavy atom. The number of rotatable bonds is 5. The molecule has 0 spiro atoms. The Hall–Kier alpha value is -2.47. The molecule has 104 valence electrons. The van der Waals surface area contributed by atoms with Crippen LogP contribution in [0.5, 0.6) is 0 Å². The lowest BCUT2D eigenvalue weighted by Crippen LogP contribution is -2.25. The van der Waals surface area contributed by atoms with E-state index in [2.05, 4.69) is 27.6 Å². The molecule has 0 aliphatic carbocycles. The monoisotopic (exact) mass is 271 g/mol.